The molecule has 4 nitrogen and oxygen atoms in total. The fourth-order valence-electron chi connectivity index (χ4n) is 3.62. The van der Waals surface area contributed by atoms with Crippen molar-refractivity contribution in [1.29, 1.82) is 0 Å². The van der Waals surface area contributed by atoms with Gasteiger partial charge in [0.05, 0.1) is 17.7 Å². The zero-order valence-corrected chi connectivity index (χ0v) is 14.8. The van der Waals surface area contributed by atoms with E-state index >= 15 is 0 Å². The van der Waals surface area contributed by atoms with Crippen molar-refractivity contribution in [3.8, 4) is 0 Å². The quantitative estimate of drug-likeness (QED) is 0.822. The van der Waals surface area contributed by atoms with Gasteiger partial charge in [0.2, 0.25) is 0 Å². The summed E-state index contributed by atoms with van der Waals surface area (Å²) in [4.78, 5) is 9.24. The third kappa shape index (κ3) is 4.82. The zero-order valence-electron chi connectivity index (χ0n) is 14.1. The molecule has 1 saturated carbocycles. The molecule has 0 N–H and O–H groups in total. The van der Waals surface area contributed by atoms with Crippen molar-refractivity contribution in [2.24, 2.45) is 5.92 Å². The minimum absolute atomic E-state index is 0.489. The van der Waals surface area contributed by atoms with E-state index in [1.54, 1.807) is 6.20 Å². The van der Waals surface area contributed by atoms with Gasteiger partial charge in [0.1, 0.15) is 5.82 Å². The van der Waals surface area contributed by atoms with Gasteiger partial charge in [-0.1, -0.05) is 31.4 Å². The monoisotopic (exact) mass is 337 g/mol. The Morgan fingerprint density at radius 1 is 1.17 bits per heavy atom. The molecule has 2 aliphatic rings. The van der Waals surface area contributed by atoms with Gasteiger partial charge in [-0.2, -0.15) is 0 Å². The van der Waals surface area contributed by atoms with Crippen LogP contribution in [-0.2, 0) is 4.74 Å². The van der Waals surface area contributed by atoms with Crippen LogP contribution in [0.5, 0.6) is 0 Å². The number of hydrogen-bond donors (Lipinski definition) is 0. The van der Waals surface area contributed by atoms with Crippen LogP contribution in [0.15, 0.2) is 18.3 Å². The molecule has 1 saturated heterocycles. The Hall–Kier alpha value is -0.840. The zero-order chi connectivity index (χ0) is 16.1. The largest absolute Gasteiger partial charge is 0.377 e. The second-order valence-corrected chi connectivity index (χ2v) is 7.27. The number of anilines is 1. The highest BCUT2D eigenvalue weighted by atomic mass is 35.5. The lowest BCUT2D eigenvalue weighted by Gasteiger charge is -2.36. The summed E-state index contributed by atoms with van der Waals surface area (Å²) in [5, 5.41) is 0.696. The topological polar surface area (TPSA) is 28.6 Å². The van der Waals surface area contributed by atoms with Gasteiger partial charge in [0.15, 0.2) is 0 Å². The van der Waals surface area contributed by atoms with Crippen molar-refractivity contribution in [2.75, 3.05) is 44.2 Å². The molecule has 23 heavy (non-hydrogen) atoms. The highest BCUT2D eigenvalue weighted by Crippen LogP contribution is 2.26. The molecular formula is C18H28ClN3O. The van der Waals surface area contributed by atoms with E-state index in [1.807, 2.05) is 12.1 Å². The van der Waals surface area contributed by atoms with Gasteiger partial charge in [-0.25, -0.2) is 4.98 Å². The average Bonchev–Trinajstić information content (AvgIpc) is 2.58. The third-order valence-corrected chi connectivity index (χ3v) is 5.40. The first-order valence-electron chi connectivity index (χ1n) is 8.93. The fraction of sp³-hybridized carbons (Fsp3) is 0.722. The Morgan fingerprint density at radius 3 is 2.65 bits per heavy atom. The van der Waals surface area contributed by atoms with Crippen LogP contribution < -0.4 is 4.90 Å². The van der Waals surface area contributed by atoms with E-state index in [0.29, 0.717) is 11.1 Å². The number of ether oxygens (including phenoxy) is 1. The molecule has 5 heteroatoms. The predicted molar refractivity (Wildman–Crippen MR) is 95.3 cm³/mol. The number of hydrogen-bond acceptors (Lipinski definition) is 4. The lowest BCUT2D eigenvalue weighted by molar-refractivity contribution is -0.0141. The first-order valence-corrected chi connectivity index (χ1v) is 9.30. The number of piperazine rings is 1. The molecule has 0 amide bonds. The van der Waals surface area contributed by atoms with E-state index in [0.717, 1.165) is 51.1 Å². The number of aromatic nitrogens is 1. The predicted octanol–water partition coefficient (Wildman–Crippen LogP) is 3.45. The number of nitrogens with zero attached hydrogens (tertiary/aromatic N) is 3. The Kier molecular flexibility index (Phi) is 6.15. The Bertz CT molecular complexity index is 474. The van der Waals surface area contributed by atoms with Crippen molar-refractivity contribution in [3.05, 3.63) is 23.4 Å². The van der Waals surface area contributed by atoms with Gasteiger partial charge >= 0.3 is 0 Å². The lowest BCUT2D eigenvalue weighted by atomic mass is 9.88. The molecule has 2 fully saturated rings. The van der Waals surface area contributed by atoms with Gasteiger partial charge in [-0.05, 0) is 30.9 Å². The summed E-state index contributed by atoms with van der Waals surface area (Å²) in [7, 11) is 0. The van der Waals surface area contributed by atoms with Crippen molar-refractivity contribution in [1.82, 2.24) is 9.88 Å². The van der Waals surface area contributed by atoms with Crippen molar-refractivity contribution in [2.45, 2.75) is 38.7 Å². The summed E-state index contributed by atoms with van der Waals surface area (Å²) in [6.45, 7) is 8.45. The molecule has 0 aromatic carbocycles. The second-order valence-electron chi connectivity index (χ2n) is 6.83. The maximum Gasteiger partial charge on any atom is 0.128 e. The fourth-order valence-corrected chi connectivity index (χ4v) is 3.73. The SMILES string of the molecule is CC1CCCCC1OCCN1CCN(c2ccc(Cl)cn2)CC1. The molecular weight excluding hydrogens is 310 g/mol. The molecule has 3 rings (SSSR count). The molecule has 1 aliphatic heterocycles. The first kappa shape index (κ1) is 17.0. The Labute approximate surface area is 144 Å². The average molecular weight is 338 g/mol. The molecule has 128 valence electrons. The van der Waals surface area contributed by atoms with E-state index in [1.165, 1.54) is 25.7 Å². The molecule has 1 aromatic heterocycles. The highest BCUT2D eigenvalue weighted by molar-refractivity contribution is 6.30. The van der Waals surface area contributed by atoms with Crippen molar-refractivity contribution in [3.63, 3.8) is 0 Å². The smallest absolute Gasteiger partial charge is 0.128 e. The van der Waals surface area contributed by atoms with Crippen LogP contribution in [0.3, 0.4) is 0 Å². The standard InChI is InChI=1S/C18H28ClN3O/c1-15-4-2-3-5-17(15)23-13-12-21-8-10-22(11-9-21)18-7-6-16(19)14-20-18/h6-7,14-15,17H,2-5,8-13H2,1H3. The Balaban J connectivity index is 1.37. The molecule has 1 aromatic rings. The summed E-state index contributed by atoms with van der Waals surface area (Å²) in [5.41, 5.74) is 0. The van der Waals surface area contributed by atoms with Crippen molar-refractivity contribution >= 4 is 17.4 Å². The minimum Gasteiger partial charge on any atom is -0.377 e. The minimum atomic E-state index is 0.489. The van der Waals surface area contributed by atoms with Gasteiger partial charge in [0.25, 0.3) is 0 Å². The second kappa shape index (κ2) is 8.32. The molecule has 1 aliphatic carbocycles. The van der Waals surface area contributed by atoms with Gasteiger partial charge in [-0.3, -0.25) is 4.90 Å². The summed E-state index contributed by atoms with van der Waals surface area (Å²) in [5.74, 6) is 1.76. The Morgan fingerprint density at radius 2 is 1.96 bits per heavy atom. The molecule has 0 spiro atoms. The molecule has 0 bridgehead atoms. The van der Waals surface area contributed by atoms with Crippen LogP contribution in [0, 0.1) is 5.92 Å². The van der Waals surface area contributed by atoms with Crippen LogP contribution in [0.2, 0.25) is 5.02 Å². The summed E-state index contributed by atoms with van der Waals surface area (Å²) < 4.78 is 6.14. The van der Waals surface area contributed by atoms with Gasteiger partial charge in [-0.15, -0.1) is 0 Å². The normalized spacial score (nSPS) is 26.4. The van der Waals surface area contributed by atoms with Gasteiger partial charge < -0.3 is 9.64 Å². The van der Waals surface area contributed by atoms with E-state index in [2.05, 4.69) is 21.7 Å². The van der Waals surface area contributed by atoms with Crippen molar-refractivity contribution < 1.29 is 4.74 Å². The maximum atomic E-state index is 6.14. The maximum absolute atomic E-state index is 6.14. The van der Waals surface area contributed by atoms with Crippen LogP contribution in [-0.4, -0.2) is 55.3 Å². The third-order valence-electron chi connectivity index (χ3n) is 5.18. The molecule has 0 radical (unpaired) electrons. The molecule has 2 heterocycles. The summed E-state index contributed by atoms with van der Waals surface area (Å²) in [6, 6.07) is 3.92. The van der Waals surface area contributed by atoms with E-state index in [9.17, 15) is 0 Å². The van der Waals surface area contributed by atoms with E-state index in [-0.39, 0.29) is 0 Å². The summed E-state index contributed by atoms with van der Waals surface area (Å²) in [6.07, 6.45) is 7.50. The number of pyridine rings is 1. The van der Waals surface area contributed by atoms with E-state index < -0.39 is 0 Å². The van der Waals surface area contributed by atoms with Gasteiger partial charge in [0, 0.05) is 38.9 Å². The summed E-state index contributed by atoms with van der Waals surface area (Å²) >= 11 is 5.90. The molecule has 2 unspecified atom stereocenters. The van der Waals surface area contributed by atoms with Crippen LogP contribution in [0.4, 0.5) is 5.82 Å². The number of rotatable bonds is 5. The first-order chi connectivity index (χ1) is 11.2. The highest BCUT2D eigenvalue weighted by Gasteiger charge is 2.22. The molecule has 2 atom stereocenters. The van der Waals surface area contributed by atoms with E-state index in [4.69, 9.17) is 16.3 Å². The van der Waals surface area contributed by atoms with Crippen LogP contribution in [0.25, 0.3) is 0 Å². The number of halogens is 1. The van der Waals surface area contributed by atoms with Crippen LogP contribution >= 0.6 is 11.6 Å². The van der Waals surface area contributed by atoms with Crippen LogP contribution in [0.1, 0.15) is 32.6 Å². The lowest BCUT2D eigenvalue weighted by Crippen LogP contribution is -2.47.